The van der Waals surface area contributed by atoms with Crippen LogP contribution in [-0.4, -0.2) is 9.49 Å². The molecule has 1 heterocycles. The number of rotatable bonds is 6. The number of aromatic nitrogens is 1. The van der Waals surface area contributed by atoms with Gasteiger partial charge in [0.2, 0.25) is 0 Å². The van der Waals surface area contributed by atoms with Gasteiger partial charge in [-0.15, -0.1) is 11.3 Å². The summed E-state index contributed by atoms with van der Waals surface area (Å²) in [7, 11) is 0. The van der Waals surface area contributed by atoms with Gasteiger partial charge < -0.3 is 4.57 Å². The average Bonchev–Trinajstić information content (AvgIpc) is 3.15. The van der Waals surface area contributed by atoms with E-state index in [0.717, 1.165) is 37.1 Å². The topological polar surface area (TPSA) is 60.4 Å². The molecule has 0 spiro atoms. The average molecular weight is 474 g/mol. The van der Waals surface area contributed by atoms with Crippen LogP contribution in [0.4, 0.5) is 11.4 Å². The van der Waals surface area contributed by atoms with E-state index >= 15 is 0 Å². The summed E-state index contributed by atoms with van der Waals surface area (Å²) in [5, 5.41) is 14.6. The van der Waals surface area contributed by atoms with Gasteiger partial charge in [-0.25, -0.2) is 4.99 Å². The third-order valence-corrected chi connectivity index (χ3v) is 6.75. The summed E-state index contributed by atoms with van der Waals surface area (Å²) in [6.45, 7) is 0.725. The summed E-state index contributed by atoms with van der Waals surface area (Å²) in [5.41, 5.74) is 3.58. The number of nitro benzene ring substituents is 1. The first-order valence-corrected chi connectivity index (χ1v) is 11.8. The van der Waals surface area contributed by atoms with Crippen LogP contribution >= 0.6 is 34.5 Å². The fourth-order valence-electron chi connectivity index (χ4n) is 3.75. The smallest absolute Gasteiger partial charge is 0.294 e. The van der Waals surface area contributed by atoms with Gasteiger partial charge in [-0.05, 0) is 56.4 Å². The van der Waals surface area contributed by atoms with Crippen molar-refractivity contribution in [3.8, 4) is 11.3 Å². The normalized spacial score (nSPS) is 14.5. The highest BCUT2D eigenvalue weighted by atomic mass is 35.5. The largest absolute Gasteiger partial charge is 0.316 e. The number of hydrogen-bond donors (Lipinski definition) is 0. The second kappa shape index (κ2) is 9.81. The number of hydrogen-bond acceptors (Lipinski definition) is 4. The SMILES string of the molecule is O=[N+]([O-])c1ccccc1N=c1scc(-c2ccc(Cl)cc2Cl)n1CCC1=CCCCC1. The van der Waals surface area contributed by atoms with E-state index in [1.807, 2.05) is 17.5 Å². The van der Waals surface area contributed by atoms with Crippen LogP contribution in [0.25, 0.3) is 11.3 Å². The fraction of sp³-hybridized carbons (Fsp3) is 0.261. The van der Waals surface area contributed by atoms with Crippen LogP contribution in [0.15, 0.2) is 64.5 Å². The Bertz CT molecular complexity index is 1210. The summed E-state index contributed by atoms with van der Waals surface area (Å²) < 4.78 is 2.10. The molecule has 0 unspecified atom stereocenters. The van der Waals surface area contributed by atoms with Crippen LogP contribution in [0, 0.1) is 10.1 Å². The summed E-state index contributed by atoms with van der Waals surface area (Å²) in [6, 6.07) is 12.0. The summed E-state index contributed by atoms with van der Waals surface area (Å²) in [5.74, 6) is 0. The van der Waals surface area contributed by atoms with Gasteiger partial charge in [0, 0.05) is 28.6 Å². The quantitative estimate of drug-likeness (QED) is 0.210. The van der Waals surface area contributed by atoms with Crippen molar-refractivity contribution in [1.29, 1.82) is 0 Å². The minimum Gasteiger partial charge on any atom is -0.316 e. The van der Waals surface area contributed by atoms with E-state index in [9.17, 15) is 10.1 Å². The summed E-state index contributed by atoms with van der Waals surface area (Å²) >= 11 is 14.0. The zero-order valence-corrected chi connectivity index (χ0v) is 19.1. The van der Waals surface area contributed by atoms with Crippen molar-refractivity contribution in [3.63, 3.8) is 0 Å². The van der Waals surface area contributed by atoms with E-state index in [2.05, 4.69) is 15.6 Å². The molecule has 160 valence electrons. The Morgan fingerprint density at radius 2 is 2.00 bits per heavy atom. The number of benzene rings is 2. The molecule has 0 radical (unpaired) electrons. The van der Waals surface area contributed by atoms with Gasteiger partial charge in [-0.1, -0.05) is 47.0 Å². The summed E-state index contributed by atoms with van der Waals surface area (Å²) in [4.78, 5) is 16.4. The maximum Gasteiger partial charge on any atom is 0.294 e. The Labute approximate surface area is 194 Å². The minimum atomic E-state index is -0.402. The molecule has 5 nitrogen and oxygen atoms in total. The molecular formula is C23H21Cl2N3O2S. The molecule has 2 aromatic carbocycles. The molecule has 1 aliphatic carbocycles. The van der Waals surface area contributed by atoms with Crippen LogP contribution in [0.2, 0.25) is 10.0 Å². The first kappa shape index (κ1) is 21.8. The van der Waals surface area contributed by atoms with Crippen molar-refractivity contribution in [2.75, 3.05) is 0 Å². The second-order valence-electron chi connectivity index (χ2n) is 7.40. The highest BCUT2D eigenvalue weighted by Crippen LogP contribution is 2.32. The van der Waals surface area contributed by atoms with Crippen molar-refractivity contribution >= 4 is 45.9 Å². The van der Waals surface area contributed by atoms with Gasteiger partial charge in [-0.3, -0.25) is 10.1 Å². The summed E-state index contributed by atoms with van der Waals surface area (Å²) in [6.07, 6.45) is 7.98. The second-order valence-corrected chi connectivity index (χ2v) is 9.08. The van der Waals surface area contributed by atoms with Gasteiger partial charge >= 0.3 is 0 Å². The zero-order chi connectivity index (χ0) is 21.8. The highest BCUT2D eigenvalue weighted by Gasteiger charge is 2.16. The molecule has 0 bridgehead atoms. The molecule has 0 amide bonds. The predicted octanol–water partition coefficient (Wildman–Crippen LogP) is 7.55. The van der Waals surface area contributed by atoms with Crippen molar-refractivity contribution in [1.82, 2.24) is 4.57 Å². The lowest BCUT2D eigenvalue weighted by Gasteiger charge is -2.15. The van der Waals surface area contributed by atoms with Gasteiger partial charge in [0.1, 0.15) is 5.69 Å². The molecule has 8 heteroatoms. The lowest BCUT2D eigenvalue weighted by Crippen LogP contribution is -2.17. The van der Waals surface area contributed by atoms with E-state index in [-0.39, 0.29) is 5.69 Å². The molecule has 1 aromatic heterocycles. The number of allylic oxidation sites excluding steroid dienone is 2. The lowest BCUT2D eigenvalue weighted by atomic mass is 9.97. The van der Waals surface area contributed by atoms with Gasteiger partial charge in [-0.2, -0.15) is 0 Å². The molecule has 31 heavy (non-hydrogen) atoms. The maximum absolute atomic E-state index is 11.4. The molecule has 0 N–H and O–H groups in total. The Balaban J connectivity index is 1.81. The van der Waals surface area contributed by atoms with Crippen LogP contribution in [-0.2, 0) is 6.54 Å². The molecule has 0 fully saturated rings. The molecule has 0 saturated heterocycles. The number of halogens is 2. The third-order valence-electron chi connectivity index (χ3n) is 5.34. The van der Waals surface area contributed by atoms with E-state index in [4.69, 9.17) is 23.2 Å². The zero-order valence-electron chi connectivity index (χ0n) is 16.8. The lowest BCUT2D eigenvalue weighted by molar-refractivity contribution is -0.384. The molecule has 0 atom stereocenters. The Morgan fingerprint density at radius 3 is 2.74 bits per heavy atom. The first-order chi connectivity index (χ1) is 15.0. The Morgan fingerprint density at radius 1 is 1.16 bits per heavy atom. The molecule has 4 rings (SSSR count). The number of para-hydroxylation sites is 2. The van der Waals surface area contributed by atoms with Gasteiger partial charge in [0.25, 0.3) is 5.69 Å². The fourth-order valence-corrected chi connectivity index (χ4v) is 5.20. The minimum absolute atomic E-state index is 0.0106. The van der Waals surface area contributed by atoms with E-state index < -0.39 is 4.92 Å². The van der Waals surface area contributed by atoms with E-state index in [0.29, 0.717) is 20.5 Å². The van der Waals surface area contributed by atoms with Gasteiger partial charge in [0.05, 0.1) is 15.6 Å². The molecule has 1 aliphatic rings. The predicted molar refractivity (Wildman–Crippen MR) is 127 cm³/mol. The Hall–Kier alpha value is -2.41. The third kappa shape index (κ3) is 5.09. The van der Waals surface area contributed by atoms with Crippen molar-refractivity contribution in [2.24, 2.45) is 4.99 Å². The van der Waals surface area contributed by atoms with E-state index in [1.165, 1.54) is 35.8 Å². The molecule has 0 saturated carbocycles. The van der Waals surface area contributed by atoms with Gasteiger partial charge in [0.15, 0.2) is 4.80 Å². The maximum atomic E-state index is 11.4. The number of thiazole rings is 1. The van der Waals surface area contributed by atoms with Crippen molar-refractivity contribution in [2.45, 2.75) is 38.6 Å². The molecule has 3 aromatic rings. The monoisotopic (exact) mass is 473 g/mol. The van der Waals surface area contributed by atoms with Crippen LogP contribution in [0.1, 0.15) is 32.1 Å². The highest BCUT2D eigenvalue weighted by molar-refractivity contribution is 7.07. The Kier molecular flexibility index (Phi) is 6.90. The molecular weight excluding hydrogens is 453 g/mol. The van der Waals surface area contributed by atoms with Crippen LogP contribution in [0.5, 0.6) is 0 Å². The number of nitro groups is 1. The van der Waals surface area contributed by atoms with Crippen molar-refractivity contribution < 1.29 is 4.92 Å². The van der Waals surface area contributed by atoms with Crippen LogP contribution in [0.3, 0.4) is 0 Å². The van der Waals surface area contributed by atoms with Crippen molar-refractivity contribution in [3.05, 3.63) is 84.5 Å². The first-order valence-electron chi connectivity index (χ1n) is 10.1. The number of nitrogens with zero attached hydrogens (tertiary/aromatic N) is 3. The van der Waals surface area contributed by atoms with Crippen LogP contribution < -0.4 is 4.80 Å². The molecule has 0 aliphatic heterocycles. The van der Waals surface area contributed by atoms with E-state index in [1.54, 1.807) is 24.3 Å². The standard InChI is InChI=1S/C23H21Cl2N3O2S/c24-17-10-11-18(19(25)14-17)22-15-31-23(26-20-8-4-5-9-21(20)28(29)30)27(22)13-12-16-6-2-1-3-7-16/h4-6,8-11,14-15H,1-3,7,12-13H2.